The normalized spacial score (nSPS) is 9.75. The van der Waals surface area contributed by atoms with Crippen LogP contribution in [0.5, 0.6) is 0 Å². The molecule has 0 bridgehead atoms. The van der Waals surface area contributed by atoms with Gasteiger partial charge in [0.1, 0.15) is 6.67 Å². The SMILES string of the molecule is FCc1csc(Br)n1. The van der Waals surface area contributed by atoms with Crippen LogP contribution in [0, 0.1) is 0 Å². The van der Waals surface area contributed by atoms with E-state index in [4.69, 9.17) is 0 Å². The van der Waals surface area contributed by atoms with Gasteiger partial charge in [-0.2, -0.15) is 0 Å². The summed E-state index contributed by atoms with van der Waals surface area (Å²) < 4.78 is 12.4. The van der Waals surface area contributed by atoms with Gasteiger partial charge in [0.15, 0.2) is 3.92 Å². The Kier molecular flexibility index (Phi) is 1.96. The maximum absolute atomic E-state index is 11.7. The summed E-state index contributed by atoms with van der Waals surface area (Å²) >= 11 is 4.51. The molecule has 1 rings (SSSR count). The summed E-state index contributed by atoms with van der Waals surface area (Å²) in [6, 6.07) is 0. The molecule has 1 aromatic rings. The molecular weight excluding hydrogens is 193 g/mol. The highest BCUT2D eigenvalue weighted by molar-refractivity contribution is 9.11. The van der Waals surface area contributed by atoms with Crippen molar-refractivity contribution in [1.82, 2.24) is 4.98 Å². The third kappa shape index (κ3) is 1.26. The van der Waals surface area contributed by atoms with E-state index in [0.717, 1.165) is 3.92 Å². The Labute approximate surface area is 58.7 Å². The molecule has 0 saturated carbocycles. The van der Waals surface area contributed by atoms with Gasteiger partial charge in [0.05, 0.1) is 5.69 Å². The van der Waals surface area contributed by atoms with Gasteiger partial charge in [0, 0.05) is 5.38 Å². The largest absolute Gasteiger partial charge is 0.244 e. The first-order valence-corrected chi connectivity index (χ1v) is 3.66. The number of aromatic nitrogens is 1. The first-order valence-electron chi connectivity index (χ1n) is 1.99. The van der Waals surface area contributed by atoms with Gasteiger partial charge in [0.2, 0.25) is 0 Å². The minimum absolute atomic E-state index is 0.470. The van der Waals surface area contributed by atoms with E-state index < -0.39 is 6.67 Å². The standard InChI is InChI=1S/C4H3BrFNS/c5-4-7-3(1-6)2-8-4/h2H,1H2. The smallest absolute Gasteiger partial charge is 0.159 e. The van der Waals surface area contributed by atoms with E-state index in [1.165, 1.54) is 11.3 Å². The summed E-state index contributed by atoms with van der Waals surface area (Å²) in [7, 11) is 0. The first-order chi connectivity index (χ1) is 3.83. The molecule has 4 heteroatoms. The zero-order valence-corrected chi connectivity index (χ0v) is 6.30. The Bertz CT molecular complexity index is 176. The van der Waals surface area contributed by atoms with Crippen LogP contribution in [-0.4, -0.2) is 4.98 Å². The van der Waals surface area contributed by atoms with Gasteiger partial charge in [-0.05, 0) is 15.9 Å². The molecule has 0 saturated heterocycles. The molecule has 1 heterocycles. The van der Waals surface area contributed by atoms with Crippen molar-refractivity contribution in [3.05, 3.63) is 15.0 Å². The highest BCUT2D eigenvalue weighted by Gasteiger charge is 1.94. The van der Waals surface area contributed by atoms with Crippen LogP contribution in [0.1, 0.15) is 5.69 Å². The summed E-state index contributed by atoms with van der Waals surface area (Å²) in [5.41, 5.74) is 0.502. The van der Waals surface area contributed by atoms with Crippen LogP contribution in [0.3, 0.4) is 0 Å². The van der Waals surface area contributed by atoms with Gasteiger partial charge < -0.3 is 0 Å². The fourth-order valence-corrected chi connectivity index (χ4v) is 1.37. The minimum Gasteiger partial charge on any atom is -0.244 e. The fourth-order valence-electron chi connectivity index (χ4n) is 0.344. The zero-order valence-electron chi connectivity index (χ0n) is 3.90. The second-order valence-corrected chi connectivity index (χ2v) is 3.36. The average Bonchev–Trinajstić information content (AvgIpc) is 2.14. The second kappa shape index (κ2) is 2.55. The number of alkyl halides is 1. The quantitative estimate of drug-likeness (QED) is 0.671. The van der Waals surface area contributed by atoms with Gasteiger partial charge in [0.25, 0.3) is 0 Å². The molecule has 0 amide bonds. The van der Waals surface area contributed by atoms with Gasteiger partial charge in [-0.3, -0.25) is 0 Å². The molecule has 44 valence electrons. The maximum Gasteiger partial charge on any atom is 0.159 e. The molecule has 0 aromatic carbocycles. The molecular formula is C4H3BrFNS. The molecule has 0 aliphatic heterocycles. The fraction of sp³-hybridized carbons (Fsp3) is 0.250. The van der Waals surface area contributed by atoms with Gasteiger partial charge in [-0.15, -0.1) is 11.3 Å². The van der Waals surface area contributed by atoms with Crippen LogP contribution in [-0.2, 0) is 6.67 Å². The van der Waals surface area contributed by atoms with E-state index in [1.54, 1.807) is 5.38 Å². The van der Waals surface area contributed by atoms with Crippen molar-refractivity contribution in [1.29, 1.82) is 0 Å². The molecule has 0 atom stereocenters. The topological polar surface area (TPSA) is 12.9 Å². The van der Waals surface area contributed by atoms with Crippen LogP contribution >= 0.6 is 27.3 Å². The van der Waals surface area contributed by atoms with Gasteiger partial charge in [-0.1, -0.05) is 0 Å². The number of hydrogen-bond acceptors (Lipinski definition) is 2. The van der Waals surface area contributed by atoms with Crippen LogP contribution in [0.2, 0.25) is 0 Å². The van der Waals surface area contributed by atoms with Gasteiger partial charge in [-0.25, -0.2) is 9.37 Å². The summed E-state index contributed by atoms with van der Waals surface area (Å²) in [5.74, 6) is 0. The van der Waals surface area contributed by atoms with Crippen LogP contribution in [0.4, 0.5) is 4.39 Å². The van der Waals surface area contributed by atoms with Crippen molar-refractivity contribution in [3.63, 3.8) is 0 Å². The van der Waals surface area contributed by atoms with Crippen molar-refractivity contribution >= 4 is 27.3 Å². The average molecular weight is 196 g/mol. The molecule has 0 spiro atoms. The van der Waals surface area contributed by atoms with E-state index in [2.05, 4.69) is 20.9 Å². The lowest BCUT2D eigenvalue weighted by molar-refractivity contribution is 0.477. The monoisotopic (exact) mass is 195 g/mol. The number of nitrogens with zero attached hydrogens (tertiary/aromatic N) is 1. The van der Waals surface area contributed by atoms with Crippen molar-refractivity contribution in [2.75, 3.05) is 0 Å². The predicted molar refractivity (Wildman–Crippen MR) is 34.6 cm³/mol. The van der Waals surface area contributed by atoms with Crippen LogP contribution in [0.15, 0.2) is 9.30 Å². The highest BCUT2D eigenvalue weighted by atomic mass is 79.9. The van der Waals surface area contributed by atoms with Crippen molar-refractivity contribution in [2.24, 2.45) is 0 Å². The Morgan fingerprint density at radius 3 is 2.88 bits per heavy atom. The van der Waals surface area contributed by atoms with E-state index in [0.29, 0.717) is 5.69 Å². The molecule has 1 nitrogen and oxygen atoms in total. The highest BCUT2D eigenvalue weighted by Crippen LogP contribution is 2.15. The number of thiazole rings is 1. The van der Waals surface area contributed by atoms with Crippen LogP contribution in [0.25, 0.3) is 0 Å². The van der Waals surface area contributed by atoms with E-state index in [-0.39, 0.29) is 0 Å². The molecule has 0 unspecified atom stereocenters. The summed E-state index contributed by atoms with van der Waals surface area (Å²) in [4.78, 5) is 3.79. The summed E-state index contributed by atoms with van der Waals surface area (Å²) in [5, 5.41) is 1.68. The first kappa shape index (κ1) is 6.16. The molecule has 1 aromatic heterocycles. The minimum atomic E-state index is -0.470. The Morgan fingerprint density at radius 2 is 2.62 bits per heavy atom. The zero-order chi connectivity index (χ0) is 5.98. The lowest BCUT2D eigenvalue weighted by Crippen LogP contribution is -1.73. The Hall–Kier alpha value is 0.0400. The molecule has 0 aliphatic rings. The molecule has 8 heavy (non-hydrogen) atoms. The Morgan fingerprint density at radius 1 is 1.88 bits per heavy atom. The summed E-state index contributed by atoms with van der Waals surface area (Å²) in [6.45, 7) is -0.470. The van der Waals surface area contributed by atoms with Crippen molar-refractivity contribution in [2.45, 2.75) is 6.67 Å². The van der Waals surface area contributed by atoms with E-state index >= 15 is 0 Å². The number of hydrogen-bond donors (Lipinski definition) is 0. The molecule has 0 aliphatic carbocycles. The maximum atomic E-state index is 11.7. The molecule has 0 N–H and O–H groups in total. The van der Waals surface area contributed by atoms with Crippen molar-refractivity contribution in [3.8, 4) is 0 Å². The molecule has 0 fully saturated rings. The lowest BCUT2D eigenvalue weighted by Gasteiger charge is -1.76. The third-order valence-corrected chi connectivity index (χ3v) is 2.07. The van der Waals surface area contributed by atoms with E-state index in [9.17, 15) is 4.39 Å². The number of rotatable bonds is 1. The Balaban J connectivity index is 2.84. The molecule has 0 radical (unpaired) electrons. The predicted octanol–water partition coefficient (Wildman–Crippen LogP) is 2.38. The van der Waals surface area contributed by atoms with E-state index in [1.807, 2.05) is 0 Å². The summed E-state index contributed by atoms with van der Waals surface area (Å²) in [6.07, 6.45) is 0. The third-order valence-electron chi connectivity index (χ3n) is 0.661. The lowest BCUT2D eigenvalue weighted by atomic mass is 10.6. The number of halogens is 2. The van der Waals surface area contributed by atoms with Gasteiger partial charge >= 0.3 is 0 Å². The van der Waals surface area contributed by atoms with Crippen molar-refractivity contribution < 1.29 is 4.39 Å². The van der Waals surface area contributed by atoms with Crippen LogP contribution < -0.4 is 0 Å². The second-order valence-electron chi connectivity index (χ2n) is 1.23.